The summed E-state index contributed by atoms with van der Waals surface area (Å²) in [5.41, 5.74) is 2.21. The molecule has 0 spiro atoms. The van der Waals surface area contributed by atoms with Gasteiger partial charge in [0.15, 0.2) is 0 Å². The number of thioether (sulfide) groups is 1. The summed E-state index contributed by atoms with van der Waals surface area (Å²) < 4.78 is 1.83. The van der Waals surface area contributed by atoms with E-state index < -0.39 is 6.04 Å². The number of anilines is 2. The van der Waals surface area contributed by atoms with Crippen LogP contribution in [0.25, 0.3) is 0 Å². The highest BCUT2D eigenvalue weighted by molar-refractivity contribution is 7.98. The molecular formula is C25H31N5O4S. The second-order valence-electron chi connectivity index (χ2n) is 9.13. The molecule has 3 atom stereocenters. The van der Waals surface area contributed by atoms with E-state index in [-0.39, 0.29) is 35.2 Å². The molecule has 0 unspecified atom stereocenters. The van der Waals surface area contributed by atoms with Gasteiger partial charge >= 0.3 is 6.03 Å². The van der Waals surface area contributed by atoms with Gasteiger partial charge in [0, 0.05) is 55.6 Å². The number of hydrogen-bond acceptors (Lipinski definition) is 5. The number of nitrogens with zero attached hydrogens (tertiary/aromatic N) is 2. The van der Waals surface area contributed by atoms with Crippen molar-refractivity contribution in [3.8, 4) is 0 Å². The lowest BCUT2D eigenvalue weighted by Gasteiger charge is -2.43. The molecule has 1 aromatic carbocycles. The third kappa shape index (κ3) is 6.05. The maximum Gasteiger partial charge on any atom is 0.318 e. The predicted molar refractivity (Wildman–Crippen MR) is 138 cm³/mol. The Morgan fingerprint density at radius 2 is 1.74 bits per heavy atom. The van der Waals surface area contributed by atoms with Crippen LogP contribution >= 0.6 is 11.8 Å². The lowest BCUT2D eigenvalue weighted by Crippen LogP contribution is -2.55. The Balaban J connectivity index is 1.41. The number of aromatic nitrogens is 1. The van der Waals surface area contributed by atoms with E-state index in [0.29, 0.717) is 37.4 Å². The quantitative estimate of drug-likeness (QED) is 0.545. The zero-order chi connectivity index (χ0) is 24.9. The normalized spacial score (nSPS) is 19.3. The number of hydrogen-bond donors (Lipinski definition) is 3. The summed E-state index contributed by atoms with van der Waals surface area (Å²) in [6.45, 7) is 3.13. The van der Waals surface area contributed by atoms with Crippen molar-refractivity contribution in [1.82, 2.24) is 14.8 Å². The number of urea groups is 1. The largest absolute Gasteiger partial charge is 0.326 e. The number of carbonyl (C=O) groups excluding carboxylic acids is 3. The number of likely N-dealkylation sites (tertiary alicyclic amines) is 1. The SMILES string of the molecule is CSCC[C@H](NC(=O)N1C[C@@H]2C[C@@H](C1)c1cccc(=O)n1C2)C(=O)Nc1ccc(NC(C)=O)cc1. The number of rotatable bonds is 7. The van der Waals surface area contributed by atoms with E-state index in [1.165, 1.54) is 6.92 Å². The third-order valence-corrected chi connectivity index (χ3v) is 7.11. The zero-order valence-electron chi connectivity index (χ0n) is 20.0. The molecule has 4 amide bonds. The maximum absolute atomic E-state index is 13.2. The summed E-state index contributed by atoms with van der Waals surface area (Å²) in [5.74, 6) is 0.602. The molecule has 1 aromatic heterocycles. The molecule has 10 heteroatoms. The Hall–Kier alpha value is -3.27. The molecule has 0 aliphatic carbocycles. The lowest BCUT2D eigenvalue weighted by atomic mass is 9.83. The first-order valence-corrected chi connectivity index (χ1v) is 13.2. The van der Waals surface area contributed by atoms with Crippen LogP contribution in [-0.2, 0) is 16.1 Å². The van der Waals surface area contributed by atoms with Crippen molar-refractivity contribution in [2.75, 3.05) is 35.7 Å². The second-order valence-corrected chi connectivity index (χ2v) is 10.1. The number of nitrogens with one attached hydrogen (secondary N) is 3. The predicted octanol–water partition coefficient (Wildman–Crippen LogP) is 2.70. The van der Waals surface area contributed by atoms with E-state index in [0.717, 1.165) is 17.9 Å². The standard InChI is InChI=1S/C25H31N5O4S/c1-16(31)26-19-6-8-20(9-7-19)27-24(33)21(10-11-35-2)28-25(34)29-13-17-12-18(15-29)22-4-3-5-23(32)30(22)14-17/h3-9,17-18,21H,10-15H2,1-2H3,(H,26,31)(H,27,33)(H,28,34)/t17-,18-,21-/m0/s1. The number of fused-ring (bicyclic) bond motifs is 4. The van der Waals surface area contributed by atoms with Gasteiger partial charge in [0.2, 0.25) is 11.8 Å². The Morgan fingerprint density at radius 3 is 2.43 bits per heavy atom. The van der Waals surface area contributed by atoms with E-state index in [4.69, 9.17) is 0 Å². The summed E-state index contributed by atoms with van der Waals surface area (Å²) in [4.78, 5) is 51.5. The number of piperidine rings is 1. The van der Waals surface area contributed by atoms with Crippen molar-refractivity contribution in [2.45, 2.75) is 38.3 Å². The van der Waals surface area contributed by atoms with Gasteiger partial charge in [-0.3, -0.25) is 14.4 Å². The van der Waals surface area contributed by atoms with Gasteiger partial charge in [-0.05, 0) is 61.1 Å². The Kier molecular flexibility index (Phi) is 7.80. The molecule has 4 rings (SSSR count). The van der Waals surface area contributed by atoms with Gasteiger partial charge in [0.05, 0.1) is 0 Å². The smallest absolute Gasteiger partial charge is 0.318 e. The van der Waals surface area contributed by atoms with E-state index in [1.54, 1.807) is 53.1 Å². The second kappa shape index (κ2) is 11.0. The Morgan fingerprint density at radius 1 is 1.03 bits per heavy atom. The molecule has 9 nitrogen and oxygen atoms in total. The first-order valence-electron chi connectivity index (χ1n) is 11.8. The maximum atomic E-state index is 13.2. The van der Waals surface area contributed by atoms with E-state index in [1.807, 2.05) is 16.9 Å². The van der Waals surface area contributed by atoms with E-state index in [2.05, 4.69) is 16.0 Å². The van der Waals surface area contributed by atoms with Gasteiger partial charge in [0.25, 0.3) is 5.56 Å². The first-order chi connectivity index (χ1) is 16.8. The highest BCUT2D eigenvalue weighted by Gasteiger charge is 2.37. The molecule has 35 heavy (non-hydrogen) atoms. The fraction of sp³-hybridized carbons (Fsp3) is 0.440. The van der Waals surface area contributed by atoms with Crippen molar-refractivity contribution >= 4 is 41.0 Å². The van der Waals surface area contributed by atoms with Gasteiger partial charge in [0.1, 0.15) is 6.04 Å². The monoisotopic (exact) mass is 497 g/mol. The molecule has 2 aromatic rings. The molecule has 2 bridgehead atoms. The summed E-state index contributed by atoms with van der Waals surface area (Å²) in [7, 11) is 0. The minimum Gasteiger partial charge on any atom is -0.326 e. The van der Waals surface area contributed by atoms with Crippen molar-refractivity contribution in [3.63, 3.8) is 0 Å². The first kappa shape index (κ1) is 24.8. The van der Waals surface area contributed by atoms with Crippen molar-refractivity contribution in [1.29, 1.82) is 0 Å². The molecule has 1 saturated heterocycles. The van der Waals surface area contributed by atoms with Gasteiger partial charge in [-0.25, -0.2) is 4.79 Å². The average Bonchev–Trinajstić information content (AvgIpc) is 2.83. The molecule has 0 saturated carbocycles. The number of amides is 4. The van der Waals surface area contributed by atoms with Crippen LogP contribution in [0.2, 0.25) is 0 Å². The molecule has 1 fully saturated rings. The van der Waals surface area contributed by atoms with Gasteiger partial charge in [-0.2, -0.15) is 11.8 Å². The highest BCUT2D eigenvalue weighted by Crippen LogP contribution is 2.34. The number of carbonyl (C=O) groups is 3. The summed E-state index contributed by atoms with van der Waals surface area (Å²) in [6, 6.07) is 11.2. The number of pyridine rings is 1. The van der Waals surface area contributed by atoms with Crippen LogP contribution in [0.1, 0.15) is 31.4 Å². The molecule has 3 heterocycles. The third-order valence-electron chi connectivity index (χ3n) is 6.46. The van der Waals surface area contributed by atoms with Crippen LogP contribution in [0.5, 0.6) is 0 Å². The highest BCUT2D eigenvalue weighted by atomic mass is 32.2. The van der Waals surface area contributed by atoms with Gasteiger partial charge in [-0.15, -0.1) is 0 Å². The lowest BCUT2D eigenvalue weighted by molar-refractivity contribution is -0.118. The van der Waals surface area contributed by atoms with Crippen LogP contribution in [0.4, 0.5) is 16.2 Å². The van der Waals surface area contributed by atoms with Gasteiger partial charge < -0.3 is 25.4 Å². The topological polar surface area (TPSA) is 113 Å². The van der Waals surface area contributed by atoms with Crippen LogP contribution in [0.15, 0.2) is 47.3 Å². The zero-order valence-corrected chi connectivity index (χ0v) is 20.8. The Bertz CT molecular complexity index is 1150. The molecule has 3 N–H and O–H groups in total. The fourth-order valence-electron chi connectivity index (χ4n) is 4.88. The fourth-order valence-corrected chi connectivity index (χ4v) is 5.35. The van der Waals surface area contributed by atoms with Crippen LogP contribution in [0, 0.1) is 5.92 Å². The molecule has 0 radical (unpaired) electrons. The van der Waals surface area contributed by atoms with Gasteiger partial charge in [-0.1, -0.05) is 6.07 Å². The summed E-state index contributed by atoms with van der Waals surface area (Å²) in [6.07, 6.45) is 3.42. The van der Waals surface area contributed by atoms with Crippen molar-refractivity contribution in [3.05, 3.63) is 58.5 Å². The summed E-state index contributed by atoms with van der Waals surface area (Å²) >= 11 is 1.61. The Labute approximate surface area is 208 Å². The minimum absolute atomic E-state index is 0.00834. The van der Waals surface area contributed by atoms with Crippen molar-refractivity contribution < 1.29 is 14.4 Å². The van der Waals surface area contributed by atoms with E-state index >= 15 is 0 Å². The van der Waals surface area contributed by atoms with Crippen molar-refractivity contribution in [2.24, 2.45) is 5.92 Å². The minimum atomic E-state index is -0.679. The molecule has 186 valence electrons. The number of benzene rings is 1. The molecule has 2 aliphatic rings. The van der Waals surface area contributed by atoms with Crippen LogP contribution in [0.3, 0.4) is 0 Å². The van der Waals surface area contributed by atoms with Crippen LogP contribution in [-0.4, -0.2) is 58.5 Å². The molecule has 2 aliphatic heterocycles. The van der Waals surface area contributed by atoms with E-state index in [9.17, 15) is 19.2 Å². The average molecular weight is 498 g/mol. The van der Waals surface area contributed by atoms with Crippen LogP contribution < -0.4 is 21.5 Å². The summed E-state index contributed by atoms with van der Waals surface area (Å²) in [5, 5.41) is 8.50. The molecular weight excluding hydrogens is 466 g/mol.